The second kappa shape index (κ2) is 4.65. The van der Waals surface area contributed by atoms with E-state index in [1.54, 1.807) is 12.1 Å². The van der Waals surface area contributed by atoms with Crippen molar-refractivity contribution < 1.29 is 13.5 Å². The molecule has 2 rings (SSSR count). The van der Waals surface area contributed by atoms with Gasteiger partial charge in [0.1, 0.15) is 0 Å². The van der Waals surface area contributed by atoms with Gasteiger partial charge < -0.3 is 4.74 Å². The van der Waals surface area contributed by atoms with Crippen LogP contribution in [0.1, 0.15) is 0 Å². The average Bonchev–Trinajstić information content (AvgIpc) is 2.30. The van der Waals surface area contributed by atoms with Crippen molar-refractivity contribution in [1.82, 2.24) is 9.97 Å². The molecule has 0 amide bonds. The number of hydrogen-bond acceptors (Lipinski definition) is 3. The van der Waals surface area contributed by atoms with Crippen LogP contribution in [0, 0.1) is 0 Å². The Morgan fingerprint density at radius 3 is 2.50 bits per heavy atom. The predicted molar refractivity (Wildman–Crippen MR) is 54.1 cm³/mol. The first-order valence-electron chi connectivity index (χ1n) is 4.59. The van der Waals surface area contributed by atoms with Crippen molar-refractivity contribution in [1.29, 1.82) is 0 Å². The van der Waals surface area contributed by atoms with Gasteiger partial charge in [-0.1, -0.05) is 30.3 Å². The van der Waals surface area contributed by atoms with Gasteiger partial charge in [-0.2, -0.15) is 13.8 Å². The summed E-state index contributed by atoms with van der Waals surface area (Å²) >= 11 is 0. The van der Waals surface area contributed by atoms with Crippen molar-refractivity contribution in [3.05, 3.63) is 42.6 Å². The zero-order valence-electron chi connectivity index (χ0n) is 8.18. The lowest BCUT2D eigenvalue weighted by atomic mass is 10.2. The van der Waals surface area contributed by atoms with E-state index in [1.165, 1.54) is 12.3 Å². The molecule has 0 atom stereocenters. The zero-order valence-corrected chi connectivity index (χ0v) is 8.18. The second-order valence-electron chi connectivity index (χ2n) is 2.96. The van der Waals surface area contributed by atoms with Gasteiger partial charge in [0.2, 0.25) is 5.88 Å². The number of hydrogen-bond donors (Lipinski definition) is 0. The number of aromatic nitrogens is 2. The molecule has 0 aliphatic rings. The maximum atomic E-state index is 12.0. The van der Waals surface area contributed by atoms with Crippen LogP contribution in [0.25, 0.3) is 11.4 Å². The number of benzene rings is 1. The van der Waals surface area contributed by atoms with Crippen LogP contribution < -0.4 is 4.74 Å². The first-order valence-corrected chi connectivity index (χ1v) is 4.59. The van der Waals surface area contributed by atoms with Crippen LogP contribution in [0.5, 0.6) is 5.88 Å². The highest BCUT2D eigenvalue weighted by Gasteiger charge is 2.07. The number of halogens is 2. The topological polar surface area (TPSA) is 35.0 Å². The first kappa shape index (κ1) is 10.5. The summed E-state index contributed by atoms with van der Waals surface area (Å²) in [6, 6.07) is 10.4. The largest absolute Gasteiger partial charge is 0.417 e. The fourth-order valence-electron chi connectivity index (χ4n) is 1.23. The lowest BCUT2D eigenvalue weighted by Crippen LogP contribution is -2.04. The van der Waals surface area contributed by atoms with Gasteiger partial charge in [-0.3, -0.25) is 0 Å². The van der Waals surface area contributed by atoms with Gasteiger partial charge in [0.15, 0.2) is 5.82 Å². The number of nitrogens with zero attached hydrogens (tertiary/aromatic N) is 2. The molecule has 2 aromatic rings. The Kier molecular flexibility index (Phi) is 3.05. The van der Waals surface area contributed by atoms with Crippen LogP contribution in [0.3, 0.4) is 0 Å². The van der Waals surface area contributed by atoms with Crippen molar-refractivity contribution in [2.45, 2.75) is 6.61 Å². The SMILES string of the molecule is FC(F)Oc1ccnc(-c2ccccc2)n1. The normalized spacial score (nSPS) is 10.4. The van der Waals surface area contributed by atoms with E-state index in [4.69, 9.17) is 0 Å². The van der Waals surface area contributed by atoms with Gasteiger partial charge >= 0.3 is 6.61 Å². The summed E-state index contributed by atoms with van der Waals surface area (Å²) in [4.78, 5) is 7.85. The summed E-state index contributed by atoms with van der Waals surface area (Å²) < 4.78 is 28.1. The fraction of sp³-hybridized carbons (Fsp3) is 0.0909. The van der Waals surface area contributed by atoms with E-state index >= 15 is 0 Å². The molecule has 1 heterocycles. The molecule has 0 bridgehead atoms. The molecule has 0 spiro atoms. The Labute approximate surface area is 90.7 Å². The number of alkyl halides is 2. The van der Waals surface area contributed by atoms with E-state index in [2.05, 4.69) is 14.7 Å². The summed E-state index contributed by atoms with van der Waals surface area (Å²) in [5.74, 6) is 0.225. The molecule has 16 heavy (non-hydrogen) atoms. The summed E-state index contributed by atoms with van der Waals surface area (Å²) in [6.07, 6.45) is 1.38. The van der Waals surface area contributed by atoms with E-state index in [-0.39, 0.29) is 5.88 Å². The third kappa shape index (κ3) is 2.50. The highest BCUT2D eigenvalue weighted by molar-refractivity contribution is 5.54. The standard InChI is InChI=1S/C11H8F2N2O/c12-11(13)16-9-6-7-14-10(15-9)8-4-2-1-3-5-8/h1-7,11H. The van der Waals surface area contributed by atoms with Crippen LogP contribution in [0.15, 0.2) is 42.6 Å². The summed E-state index contributed by atoms with van der Waals surface area (Å²) in [7, 11) is 0. The third-order valence-corrected chi connectivity index (χ3v) is 1.87. The maximum Gasteiger partial charge on any atom is 0.388 e. The number of ether oxygens (including phenoxy) is 1. The molecule has 82 valence electrons. The Bertz CT molecular complexity index is 463. The van der Waals surface area contributed by atoms with E-state index in [0.29, 0.717) is 5.82 Å². The fourth-order valence-corrected chi connectivity index (χ4v) is 1.23. The Morgan fingerprint density at radius 2 is 1.81 bits per heavy atom. The van der Waals surface area contributed by atoms with Crippen LogP contribution >= 0.6 is 0 Å². The van der Waals surface area contributed by atoms with Crippen molar-refractivity contribution in [2.75, 3.05) is 0 Å². The van der Waals surface area contributed by atoms with Gasteiger partial charge in [-0.25, -0.2) is 4.98 Å². The molecule has 1 aromatic heterocycles. The summed E-state index contributed by atoms with van der Waals surface area (Å²) in [5, 5.41) is 0. The zero-order chi connectivity index (χ0) is 11.4. The summed E-state index contributed by atoms with van der Waals surface area (Å²) in [6.45, 7) is -2.88. The van der Waals surface area contributed by atoms with Gasteiger partial charge in [0.05, 0.1) is 0 Å². The quantitative estimate of drug-likeness (QED) is 0.800. The molecule has 0 unspecified atom stereocenters. The van der Waals surface area contributed by atoms with Crippen molar-refractivity contribution in [3.8, 4) is 17.3 Å². The van der Waals surface area contributed by atoms with Crippen molar-refractivity contribution in [3.63, 3.8) is 0 Å². The van der Waals surface area contributed by atoms with Gasteiger partial charge in [-0.15, -0.1) is 0 Å². The molecule has 0 aliphatic heterocycles. The Balaban J connectivity index is 2.29. The minimum atomic E-state index is -2.88. The molecule has 1 aromatic carbocycles. The summed E-state index contributed by atoms with van der Waals surface area (Å²) in [5.41, 5.74) is 0.752. The van der Waals surface area contributed by atoms with E-state index in [9.17, 15) is 8.78 Å². The van der Waals surface area contributed by atoms with Gasteiger partial charge in [-0.05, 0) is 0 Å². The van der Waals surface area contributed by atoms with Gasteiger partial charge in [0.25, 0.3) is 0 Å². The molecule has 0 radical (unpaired) electrons. The van der Waals surface area contributed by atoms with Crippen LogP contribution in [0.2, 0.25) is 0 Å². The molecule has 0 N–H and O–H groups in total. The third-order valence-electron chi connectivity index (χ3n) is 1.87. The van der Waals surface area contributed by atoms with E-state index in [0.717, 1.165) is 5.56 Å². The minimum absolute atomic E-state index is 0.135. The highest BCUT2D eigenvalue weighted by Crippen LogP contribution is 2.17. The predicted octanol–water partition coefficient (Wildman–Crippen LogP) is 2.75. The molecule has 0 saturated heterocycles. The average molecular weight is 222 g/mol. The van der Waals surface area contributed by atoms with Crippen molar-refractivity contribution in [2.24, 2.45) is 0 Å². The van der Waals surface area contributed by atoms with E-state index in [1.807, 2.05) is 18.2 Å². The number of rotatable bonds is 3. The van der Waals surface area contributed by atoms with Crippen LogP contribution in [0.4, 0.5) is 8.78 Å². The Morgan fingerprint density at radius 1 is 1.06 bits per heavy atom. The Hall–Kier alpha value is -2.04. The monoisotopic (exact) mass is 222 g/mol. The lowest BCUT2D eigenvalue weighted by Gasteiger charge is -2.04. The van der Waals surface area contributed by atoms with Crippen molar-refractivity contribution >= 4 is 0 Å². The molecular weight excluding hydrogens is 214 g/mol. The van der Waals surface area contributed by atoms with E-state index < -0.39 is 6.61 Å². The molecule has 0 fully saturated rings. The smallest absolute Gasteiger partial charge is 0.388 e. The maximum absolute atomic E-state index is 12.0. The molecule has 3 nitrogen and oxygen atoms in total. The van der Waals surface area contributed by atoms with Gasteiger partial charge in [0, 0.05) is 17.8 Å². The molecule has 0 saturated carbocycles. The first-order chi connectivity index (χ1) is 7.75. The molecular formula is C11H8F2N2O. The van der Waals surface area contributed by atoms with Crippen LogP contribution in [-0.2, 0) is 0 Å². The molecule has 0 aliphatic carbocycles. The highest BCUT2D eigenvalue weighted by atomic mass is 19.3. The van der Waals surface area contributed by atoms with Crippen LogP contribution in [-0.4, -0.2) is 16.6 Å². The minimum Gasteiger partial charge on any atom is -0.417 e. The second-order valence-corrected chi connectivity index (χ2v) is 2.96. The molecule has 5 heteroatoms. The lowest BCUT2D eigenvalue weighted by molar-refractivity contribution is -0.0528.